The zero-order valence-corrected chi connectivity index (χ0v) is 17.1. The first-order valence-electron chi connectivity index (χ1n) is 10.2. The molecular formula is C19H22F3N9. The van der Waals surface area contributed by atoms with Crippen molar-refractivity contribution in [2.45, 2.75) is 50.9 Å². The largest absolute Gasteiger partial charge is 0.421 e. The Hall–Kier alpha value is -3.18. The van der Waals surface area contributed by atoms with E-state index in [4.69, 9.17) is 5.10 Å². The quantitative estimate of drug-likeness (QED) is 0.588. The summed E-state index contributed by atoms with van der Waals surface area (Å²) in [4.78, 5) is 9.66. The smallest absolute Gasteiger partial charge is 0.370 e. The molecule has 3 aromatic rings. The number of hydrogen-bond acceptors (Lipinski definition) is 7. The van der Waals surface area contributed by atoms with Crippen molar-refractivity contribution >= 4 is 17.6 Å². The molecular weight excluding hydrogens is 411 g/mol. The van der Waals surface area contributed by atoms with Crippen molar-refractivity contribution in [3.63, 3.8) is 0 Å². The maximum absolute atomic E-state index is 13.3. The second kappa shape index (κ2) is 6.92. The highest BCUT2D eigenvalue weighted by atomic mass is 19.4. The Morgan fingerprint density at radius 2 is 1.94 bits per heavy atom. The van der Waals surface area contributed by atoms with Gasteiger partial charge in [-0.2, -0.15) is 38.2 Å². The van der Waals surface area contributed by atoms with Crippen molar-refractivity contribution in [1.82, 2.24) is 34.7 Å². The molecule has 2 fully saturated rings. The Morgan fingerprint density at radius 3 is 2.52 bits per heavy atom. The average Bonchev–Trinajstić information content (AvgIpc) is 3.54. The van der Waals surface area contributed by atoms with Crippen LogP contribution in [0.2, 0.25) is 0 Å². The highest BCUT2D eigenvalue weighted by molar-refractivity contribution is 5.55. The standard InChI is InChI=1S/C19H22F3N9/c1-3-23-16-12(19(20,21)22)10-24-17(28-16)27-15-9-14(29-30(15)13-8-11(13)2)18(4-5-18)31-25-6-7-26-31/h6-7,9-11,13H,3-5,8H2,1-2H3,(H2,23,24,27,28). The summed E-state index contributed by atoms with van der Waals surface area (Å²) in [6, 6.07) is 2.12. The van der Waals surface area contributed by atoms with E-state index in [1.807, 2.05) is 10.7 Å². The van der Waals surface area contributed by atoms with Crippen LogP contribution in [0.25, 0.3) is 0 Å². The molecule has 9 nitrogen and oxygen atoms in total. The van der Waals surface area contributed by atoms with Crippen molar-refractivity contribution in [3.05, 3.63) is 35.9 Å². The Labute approximate surface area is 176 Å². The molecule has 3 aromatic heterocycles. The van der Waals surface area contributed by atoms with E-state index in [2.05, 4.69) is 37.7 Å². The zero-order chi connectivity index (χ0) is 21.8. The van der Waals surface area contributed by atoms with Crippen LogP contribution in [-0.2, 0) is 11.7 Å². The molecule has 0 aromatic carbocycles. The topological polar surface area (TPSA) is 98.4 Å². The lowest BCUT2D eigenvalue weighted by Crippen LogP contribution is -2.22. The molecule has 2 unspecified atom stereocenters. The molecule has 0 saturated heterocycles. The van der Waals surface area contributed by atoms with Gasteiger partial charge in [0.25, 0.3) is 0 Å². The van der Waals surface area contributed by atoms with E-state index >= 15 is 0 Å². The van der Waals surface area contributed by atoms with Crippen molar-refractivity contribution < 1.29 is 13.2 Å². The van der Waals surface area contributed by atoms with Crippen LogP contribution < -0.4 is 10.6 Å². The molecule has 2 atom stereocenters. The Morgan fingerprint density at radius 1 is 1.23 bits per heavy atom. The van der Waals surface area contributed by atoms with Gasteiger partial charge < -0.3 is 10.6 Å². The summed E-state index contributed by atoms with van der Waals surface area (Å²) in [5.74, 6) is 0.937. The van der Waals surface area contributed by atoms with Gasteiger partial charge in [-0.05, 0) is 32.1 Å². The lowest BCUT2D eigenvalue weighted by atomic mass is 10.2. The second-order valence-corrected chi connectivity index (χ2v) is 8.10. The minimum Gasteiger partial charge on any atom is -0.370 e. The Kier molecular flexibility index (Phi) is 4.41. The van der Waals surface area contributed by atoms with E-state index in [9.17, 15) is 13.2 Å². The molecule has 2 N–H and O–H groups in total. The van der Waals surface area contributed by atoms with Crippen LogP contribution in [0.1, 0.15) is 50.4 Å². The van der Waals surface area contributed by atoms with Gasteiger partial charge in [0.15, 0.2) is 0 Å². The summed E-state index contributed by atoms with van der Waals surface area (Å²) in [7, 11) is 0. The third kappa shape index (κ3) is 3.49. The summed E-state index contributed by atoms with van der Waals surface area (Å²) >= 11 is 0. The number of aromatic nitrogens is 7. The SMILES string of the molecule is CCNc1nc(Nc2cc(C3(n4nccn4)CC3)nn2C2CC2C)ncc1C(F)(F)F. The molecule has 5 rings (SSSR count). The van der Waals surface area contributed by atoms with Gasteiger partial charge in [0.05, 0.1) is 24.1 Å². The van der Waals surface area contributed by atoms with Gasteiger partial charge in [-0.25, -0.2) is 9.67 Å². The third-order valence-corrected chi connectivity index (χ3v) is 5.80. The van der Waals surface area contributed by atoms with Crippen molar-refractivity contribution in [3.8, 4) is 0 Å². The number of nitrogens with one attached hydrogen (secondary N) is 2. The van der Waals surface area contributed by atoms with Crippen LogP contribution >= 0.6 is 0 Å². The van der Waals surface area contributed by atoms with Crippen molar-refractivity contribution in [2.75, 3.05) is 17.2 Å². The van der Waals surface area contributed by atoms with E-state index in [-0.39, 0.29) is 23.3 Å². The molecule has 164 valence electrons. The number of anilines is 3. The summed E-state index contributed by atoms with van der Waals surface area (Å²) in [6.45, 7) is 4.15. The van der Waals surface area contributed by atoms with Crippen LogP contribution in [0.3, 0.4) is 0 Å². The molecule has 2 aliphatic carbocycles. The predicted octanol–water partition coefficient (Wildman–Crippen LogP) is 3.58. The number of hydrogen-bond donors (Lipinski definition) is 2. The highest BCUT2D eigenvalue weighted by Gasteiger charge is 2.51. The summed E-state index contributed by atoms with van der Waals surface area (Å²) < 4.78 is 41.7. The highest BCUT2D eigenvalue weighted by Crippen LogP contribution is 2.50. The fourth-order valence-electron chi connectivity index (χ4n) is 3.79. The van der Waals surface area contributed by atoms with Crippen LogP contribution in [0.5, 0.6) is 0 Å². The molecule has 0 aliphatic heterocycles. The van der Waals surface area contributed by atoms with Crippen molar-refractivity contribution in [1.29, 1.82) is 0 Å². The van der Waals surface area contributed by atoms with Gasteiger partial charge in [0.2, 0.25) is 5.95 Å². The van der Waals surface area contributed by atoms with Crippen LogP contribution in [0, 0.1) is 5.92 Å². The number of alkyl halides is 3. The van der Waals surface area contributed by atoms with Gasteiger partial charge in [-0.1, -0.05) is 6.92 Å². The predicted molar refractivity (Wildman–Crippen MR) is 106 cm³/mol. The second-order valence-electron chi connectivity index (χ2n) is 8.10. The third-order valence-electron chi connectivity index (χ3n) is 5.80. The van der Waals surface area contributed by atoms with Crippen LogP contribution in [-0.4, -0.2) is 41.3 Å². The van der Waals surface area contributed by atoms with E-state index in [0.29, 0.717) is 18.3 Å². The first kappa shape index (κ1) is 19.8. The van der Waals surface area contributed by atoms with E-state index in [1.165, 1.54) is 0 Å². The minimum atomic E-state index is -4.54. The molecule has 2 aliphatic rings. The lowest BCUT2D eigenvalue weighted by Gasteiger charge is -2.14. The van der Waals surface area contributed by atoms with Gasteiger partial charge in [-0.15, -0.1) is 0 Å². The minimum absolute atomic E-state index is 0.0759. The molecule has 0 spiro atoms. The maximum atomic E-state index is 13.3. The monoisotopic (exact) mass is 433 g/mol. The average molecular weight is 433 g/mol. The van der Waals surface area contributed by atoms with E-state index < -0.39 is 11.7 Å². The molecule has 0 bridgehead atoms. The fourth-order valence-corrected chi connectivity index (χ4v) is 3.79. The molecule has 31 heavy (non-hydrogen) atoms. The summed E-state index contributed by atoms with van der Waals surface area (Å²) in [5, 5.41) is 19.1. The van der Waals surface area contributed by atoms with Crippen LogP contribution in [0.4, 0.5) is 30.8 Å². The molecule has 12 heteroatoms. The normalized spacial score (nSPS) is 21.7. The van der Waals surface area contributed by atoms with Gasteiger partial charge in [0, 0.05) is 18.8 Å². The zero-order valence-electron chi connectivity index (χ0n) is 17.1. The fraction of sp³-hybridized carbons (Fsp3) is 0.526. The molecule has 2 saturated carbocycles. The van der Waals surface area contributed by atoms with Crippen LogP contribution in [0.15, 0.2) is 24.7 Å². The first-order valence-corrected chi connectivity index (χ1v) is 10.2. The maximum Gasteiger partial charge on any atom is 0.421 e. The lowest BCUT2D eigenvalue weighted by molar-refractivity contribution is -0.137. The molecule has 0 radical (unpaired) electrons. The first-order chi connectivity index (χ1) is 14.8. The number of rotatable bonds is 7. The number of halogens is 3. The van der Waals surface area contributed by atoms with Gasteiger partial charge in [-0.3, -0.25) is 0 Å². The Bertz CT molecular complexity index is 1090. The molecule has 0 amide bonds. The Balaban J connectivity index is 1.49. The van der Waals surface area contributed by atoms with E-state index in [1.54, 1.807) is 24.1 Å². The number of nitrogens with zero attached hydrogens (tertiary/aromatic N) is 7. The van der Waals surface area contributed by atoms with Gasteiger partial charge >= 0.3 is 6.18 Å². The summed E-state index contributed by atoms with van der Waals surface area (Å²) in [5.41, 5.74) is -0.449. The van der Waals surface area contributed by atoms with Crippen molar-refractivity contribution in [2.24, 2.45) is 5.92 Å². The van der Waals surface area contributed by atoms with Gasteiger partial charge in [0.1, 0.15) is 22.7 Å². The molecule has 3 heterocycles. The summed E-state index contributed by atoms with van der Waals surface area (Å²) in [6.07, 6.45) is 2.27. The van der Waals surface area contributed by atoms with E-state index in [0.717, 1.165) is 31.2 Å².